The third-order valence-corrected chi connectivity index (χ3v) is 5.50. The smallest absolute Gasteiger partial charge is 0.338 e. The van der Waals surface area contributed by atoms with E-state index in [1.54, 1.807) is 12.1 Å². The van der Waals surface area contributed by atoms with Gasteiger partial charge in [-0.15, -0.1) is 0 Å². The molecule has 29 heavy (non-hydrogen) atoms. The molecule has 2 aromatic carbocycles. The van der Waals surface area contributed by atoms with Crippen LogP contribution in [-0.2, 0) is 24.3 Å². The summed E-state index contributed by atoms with van der Waals surface area (Å²) in [6.45, 7) is 0.818. The second kappa shape index (κ2) is 9.30. The lowest BCUT2D eigenvalue weighted by atomic mass is 10.2. The first-order chi connectivity index (χ1) is 13.6. The molecule has 2 amide bonds. The van der Waals surface area contributed by atoms with Gasteiger partial charge in [0, 0.05) is 32.4 Å². The summed E-state index contributed by atoms with van der Waals surface area (Å²) in [5.41, 5.74) is 0.975. The Hall–Kier alpha value is -3.24. The molecule has 0 atom stereocenters. The first-order valence-corrected chi connectivity index (χ1v) is 9.91. The van der Waals surface area contributed by atoms with Crippen LogP contribution in [0.3, 0.4) is 0 Å². The van der Waals surface area contributed by atoms with Crippen molar-refractivity contribution < 1.29 is 27.5 Å². The Bertz CT molecular complexity index is 1020. The van der Waals surface area contributed by atoms with E-state index < -0.39 is 28.5 Å². The summed E-state index contributed by atoms with van der Waals surface area (Å²) < 4.78 is 30.1. The normalized spacial score (nSPS) is 11.0. The Morgan fingerprint density at radius 1 is 0.966 bits per heavy atom. The molecule has 10 heteroatoms. The molecule has 0 aromatic heterocycles. The molecule has 0 aliphatic rings. The molecule has 0 spiro atoms. The molecule has 154 valence electrons. The third-order valence-electron chi connectivity index (χ3n) is 3.67. The lowest BCUT2D eigenvalue weighted by Gasteiger charge is -2.12. The van der Waals surface area contributed by atoms with Gasteiger partial charge in [-0.1, -0.05) is 6.07 Å². The molecule has 2 aromatic rings. The van der Waals surface area contributed by atoms with Crippen molar-refractivity contribution in [1.82, 2.24) is 4.31 Å². The lowest BCUT2D eigenvalue weighted by molar-refractivity contribution is -0.119. The summed E-state index contributed by atoms with van der Waals surface area (Å²) in [6, 6.07) is 11.7. The minimum absolute atomic E-state index is 0.0889. The topological polar surface area (TPSA) is 122 Å². The molecule has 0 saturated heterocycles. The number of sulfonamides is 1. The quantitative estimate of drug-likeness (QED) is 0.659. The van der Waals surface area contributed by atoms with Crippen molar-refractivity contribution in [2.24, 2.45) is 0 Å². The number of amides is 2. The summed E-state index contributed by atoms with van der Waals surface area (Å²) in [6.07, 6.45) is 0. The molecule has 2 rings (SSSR count). The van der Waals surface area contributed by atoms with E-state index in [9.17, 15) is 22.8 Å². The highest BCUT2D eigenvalue weighted by Gasteiger charge is 2.17. The maximum atomic E-state index is 12.1. The molecule has 0 radical (unpaired) electrons. The van der Waals surface area contributed by atoms with Crippen LogP contribution in [0.5, 0.6) is 0 Å². The van der Waals surface area contributed by atoms with Crippen molar-refractivity contribution in [3.63, 3.8) is 0 Å². The number of nitrogens with one attached hydrogen (secondary N) is 2. The van der Waals surface area contributed by atoms with Crippen LogP contribution in [-0.4, -0.2) is 51.2 Å². The summed E-state index contributed by atoms with van der Waals surface area (Å²) in [4.78, 5) is 35.2. The first kappa shape index (κ1) is 22.1. The molecule has 0 unspecified atom stereocenters. The molecule has 0 aliphatic carbocycles. The third kappa shape index (κ3) is 6.13. The van der Waals surface area contributed by atoms with Crippen molar-refractivity contribution in [3.8, 4) is 0 Å². The van der Waals surface area contributed by atoms with E-state index in [2.05, 4.69) is 10.6 Å². The molecule has 0 fully saturated rings. The van der Waals surface area contributed by atoms with Gasteiger partial charge in [-0.25, -0.2) is 17.5 Å². The number of anilines is 2. The highest BCUT2D eigenvalue weighted by molar-refractivity contribution is 7.89. The molecule has 0 aliphatic heterocycles. The molecule has 0 bridgehead atoms. The average Bonchev–Trinajstić information content (AvgIpc) is 2.66. The van der Waals surface area contributed by atoms with Crippen LogP contribution in [0.4, 0.5) is 11.4 Å². The standard InChI is InChI=1S/C19H21N3O6S/c1-13(23)20-16-6-4-5-14(11-16)19(25)28-12-18(24)21-15-7-9-17(10-8-15)29(26,27)22(2)3/h4-11H,12H2,1-3H3,(H,20,23)(H,21,24). The highest BCUT2D eigenvalue weighted by atomic mass is 32.2. The fourth-order valence-corrected chi connectivity index (χ4v) is 3.16. The van der Waals surface area contributed by atoms with Crippen LogP contribution in [0.15, 0.2) is 53.4 Å². The molecule has 0 heterocycles. The largest absolute Gasteiger partial charge is 0.452 e. The van der Waals surface area contributed by atoms with Crippen LogP contribution in [0.25, 0.3) is 0 Å². The number of carbonyl (C=O) groups is 3. The number of hydrogen-bond acceptors (Lipinski definition) is 6. The van der Waals surface area contributed by atoms with Gasteiger partial charge in [-0.05, 0) is 42.5 Å². The van der Waals surface area contributed by atoms with Gasteiger partial charge in [0.15, 0.2) is 6.61 Å². The van der Waals surface area contributed by atoms with Gasteiger partial charge in [-0.2, -0.15) is 0 Å². The Labute approximate surface area is 168 Å². The van der Waals surface area contributed by atoms with Crippen LogP contribution >= 0.6 is 0 Å². The average molecular weight is 419 g/mol. The molecule has 2 N–H and O–H groups in total. The van der Waals surface area contributed by atoms with Gasteiger partial charge in [0.1, 0.15) is 0 Å². The van der Waals surface area contributed by atoms with Gasteiger partial charge < -0.3 is 15.4 Å². The van der Waals surface area contributed by atoms with E-state index in [-0.39, 0.29) is 16.4 Å². The molecule has 9 nitrogen and oxygen atoms in total. The van der Waals surface area contributed by atoms with E-state index in [1.807, 2.05) is 0 Å². The predicted octanol–water partition coefficient (Wildman–Crippen LogP) is 1.69. The number of nitrogens with zero attached hydrogens (tertiary/aromatic N) is 1. The van der Waals surface area contributed by atoms with Gasteiger partial charge in [-0.3, -0.25) is 9.59 Å². The Balaban J connectivity index is 1.93. The van der Waals surface area contributed by atoms with Crippen LogP contribution < -0.4 is 10.6 Å². The molecular weight excluding hydrogens is 398 g/mol. The fourth-order valence-electron chi connectivity index (χ4n) is 2.26. The summed E-state index contributed by atoms with van der Waals surface area (Å²) in [5, 5.41) is 5.06. The first-order valence-electron chi connectivity index (χ1n) is 8.47. The number of benzene rings is 2. The highest BCUT2D eigenvalue weighted by Crippen LogP contribution is 2.17. The minimum Gasteiger partial charge on any atom is -0.452 e. The van der Waals surface area contributed by atoms with Crippen molar-refractivity contribution >= 4 is 39.2 Å². The zero-order valence-electron chi connectivity index (χ0n) is 16.1. The SMILES string of the molecule is CC(=O)Nc1cccc(C(=O)OCC(=O)Nc2ccc(S(=O)(=O)N(C)C)cc2)c1. The van der Waals surface area contributed by atoms with Crippen LogP contribution in [0, 0.1) is 0 Å². The van der Waals surface area contributed by atoms with Gasteiger partial charge in [0.05, 0.1) is 10.5 Å². The van der Waals surface area contributed by atoms with Crippen molar-refractivity contribution in [2.45, 2.75) is 11.8 Å². The number of esters is 1. The maximum absolute atomic E-state index is 12.1. The Morgan fingerprint density at radius 3 is 2.21 bits per heavy atom. The van der Waals surface area contributed by atoms with Crippen LogP contribution in [0.2, 0.25) is 0 Å². The van der Waals surface area contributed by atoms with Gasteiger partial charge in [0.25, 0.3) is 5.91 Å². The minimum atomic E-state index is -3.56. The maximum Gasteiger partial charge on any atom is 0.338 e. The Kier molecular flexibility index (Phi) is 7.08. The lowest BCUT2D eigenvalue weighted by Crippen LogP contribution is -2.22. The summed E-state index contributed by atoms with van der Waals surface area (Å²) >= 11 is 0. The van der Waals surface area contributed by atoms with Crippen molar-refractivity contribution in [2.75, 3.05) is 31.3 Å². The number of carbonyl (C=O) groups excluding carboxylic acids is 3. The fraction of sp³-hybridized carbons (Fsp3) is 0.211. The molecule has 0 saturated carbocycles. The second-order valence-corrected chi connectivity index (χ2v) is 8.35. The molecular formula is C19H21N3O6S. The Morgan fingerprint density at radius 2 is 1.62 bits per heavy atom. The van der Waals surface area contributed by atoms with E-state index in [0.717, 1.165) is 4.31 Å². The predicted molar refractivity (Wildman–Crippen MR) is 107 cm³/mol. The zero-order valence-corrected chi connectivity index (χ0v) is 16.9. The summed E-state index contributed by atoms with van der Waals surface area (Å²) in [5.74, 6) is -1.58. The van der Waals surface area contributed by atoms with Gasteiger partial charge in [0.2, 0.25) is 15.9 Å². The second-order valence-electron chi connectivity index (χ2n) is 6.20. The van der Waals surface area contributed by atoms with Crippen LogP contribution in [0.1, 0.15) is 17.3 Å². The van der Waals surface area contributed by atoms with E-state index in [1.165, 1.54) is 57.4 Å². The summed E-state index contributed by atoms with van der Waals surface area (Å²) in [7, 11) is -0.717. The van der Waals surface area contributed by atoms with Crippen molar-refractivity contribution in [3.05, 3.63) is 54.1 Å². The zero-order chi connectivity index (χ0) is 21.6. The van der Waals surface area contributed by atoms with Gasteiger partial charge >= 0.3 is 5.97 Å². The van der Waals surface area contributed by atoms with Crippen molar-refractivity contribution in [1.29, 1.82) is 0 Å². The van der Waals surface area contributed by atoms with E-state index in [4.69, 9.17) is 4.74 Å². The number of hydrogen-bond donors (Lipinski definition) is 2. The number of ether oxygens (including phenoxy) is 1. The van der Waals surface area contributed by atoms with E-state index >= 15 is 0 Å². The van der Waals surface area contributed by atoms with E-state index in [0.29, 0.717) is 11.4 Å². The number of rotatable bonds is 7. The monoisotopic (exact) mass is 419 g/mol.